The third-order valence-corrected chi connectivity index (χ3v) is 3.99. The number of aromatic amines is 1. The van der Waals surface area contributed by atoms with Crippen molar-refractivity contribution in [1.29, 1.82) is 0 Å². The minimum atomic E-state index is -0.132. The zero-order chi connectivity index (χ0) is 17.6. The summed E-state index contributed by atoms with van der Waals surface area (Å²) in [6.07, 6.45) is 1.57. The largest absolute Gasteiger partial charge is 0.348 e. The molecule has 128 valence electrons. The van der Waals surface area contributed by atoms with Gasteiger partial charge in [-0.2, -0.15) is 5.10 Å². The predicted octanol–water partition coefficient (Wildman–Crippen LogP) is 3.07. The van der Waals surface area contributed by atoms with Crippen molar-refractivity contribution in [2.75, 3.05) is 14.1 Å². The smallest absolute Gasteiger partial charge is 0.255 e. The first-order valence-corrected chi connectivity index (χ1v) is 8.23. The molecule has 0 aliphatic heterocycles. The molecule has 25 heavy (non-hydrogen) atoms. The molecule has 0 atom stereocenters. The van der Waals surface area contributed by atoms with E-state index in [2.05, 4.69) is 26.5 Å². The number of hydrogen-bond donors (Lipinski definition) is 2. The molecule has 0 saturated heterocycles. The average Bonchev–Trinajstić information content (AvgIpc) is 3.11. The minimum Gasteiger partial charge on any atom is -0.348 e. The molecule has 2 aromatic carbocycles. The summed E-state index contributed by atoms with van der Waals surface area (Å²) in [6, 6.07) is 17.9. The Morgan fingerprint density at radius 2 is 1.72 bits per heavy atom. The Morgan fingerprint density at radius 1 is 1.04 bits per heavy atom. The fraction of sp³-hybridized carbons (Fsp3) is 0.200. The molecule has 0 radical (unpaired) electrons. The summed E-state index contributed by atoms with van der Waals surface area (Å²) in [7, 11) is 4.07. The van der Waals surface area contributed by atoms with Crippen molar-refractivity contribution >= 4 is 5.91 Å². The van der Waals surface area contributed by atoms with Gasteiger partial charge in [-0.3, -0.25) is 9.89 Å². The summed E-state index contributed by atoms with van der Waals surface area (Å²) in [4.78, 5) is 14.7. The van der Waals surface area contributed by atoms with Gasteiger partial charge in [0.05, 0.1) is 17.5 Å². The molecule has 0 aliphatic rings. The van der Waals surface area contributed by atoms with Crippen molar-refractivity contribution in [1.82, 2.24) is 20.4 Å². The van der Waals surface area contributed by atoms with Gasteiger partial charge in [0.2, 0.25) is 0 Å². The lowest BCUT2D eigenvalue weighted by Gasteiger charge is -2.14. The highest BCUT2D eigenvalue weighted by atomic mass is 16.1. The van der Waals surface area contributed by atoms with E-state index in [1.807, 2.05) is 62.6 Å². The summed E-state index contributed by atoms with van der Waals surface area (Å²) in [5.74, 6) is -0.132. The molecule has 3 rings (SSSR count). The number of nitrogens with one attached hydrogen (secondary N) is 2. The normalized spacial score (nSPS) is 10.8. The highest BCUT2D eigenvalue weighted by Gasteiger charge is 2.15. The van der Waals surface area contributed by atoms with Crippen molar-refractivity contribution in [3.8, 4) is 11.3 Å². The second-order valence-corrected chi connectivity index (χ2v) is 6.21. The monoisotopic (exact) mass is 334 g/mol. The molecule has 0 spiro atoms. The molecule has 0 saturated carbocycles. The number of benzene rings is 2. The van der Waals surface area contributed by atoms with E-state index in [-0.39, 0.29) is 5.91 Å². The van der Waals surface area contributed by atoms with E-state index in [9.17, 15) is 4.79 Å². The molecular formula is C20H22N4O. The Labute approximate surface area is 147 Å². The fourth-order valence-corrected chi connectivity index (χ4v) is 2.78. The Hall–Kier alpha value is -2.92. The standard InChI is InChI=1S/C20H22N4O/c1-24(2)14-17-11-7-6-10-16(17)12-21-20(25)18-13-22-23-19(18)15-8-4-3-5-9-15/h3-11,13H,12,14H2,1-2H3,(H,21,25)(H,22,23). The molecule has 0 unspecified atom stereocenters. The molecule has 1 heterocycles. The summed E-state index contributed by atoms with van der Waals surface area (Å²) in [6.45, 7) is 1.33. The Bertz CT molecular complexity index is 840. The van der Waals surface area contributed by atoms with Gasteiger partial charge >= 0.3 is 0 Å². The topological polar surface area (TPSA) is 61.0 Å². The van der Waals surface area contributed by atoms with Crippen molar-refractivity contribution in [2.45, 2.75) is 13.1 Å². The Balaban J connectivity index is 1.74. The second-order valence-electron chi connectivity index (χ2n) is 6.21. The van der Waals surface area contributed by atoms with Crippen LogP contribution < -0.4 is 5.32 Å². The van der Waals surface area contributed by atoms with Crippen LogP contribution in [0.2, 0.25) is 0 Å². The van der Waals surface area contributed by atoms with E-state index < -0.39 is 0 Å². The SMILES string of the molecule is CN(C)Cc1ccccc1CNC(=O)c1cn[nH]c1-c1ccccc1. The van der Waals surface area contributed by atoms with Gasteiger partial charge < -0.3 is 10.2 Å². The van der Waals surface area contributed by atoms with Gasteiger partial charge in [0.1, 0.15) is 0 Å². The molecule has 3 aromatic rings. The van der Waals surface area contributed by atoms with Crippen LogP contribution in [0.1, 0.15) is 21.5 Å². The summed E-state index contributed by atoms with van der Waals surface area (Å²) >= 11 is 0. The summed E-state index contributed by atoms with van der Waals surface area (Å²) < 4.78 is 0. The number of aromatic nitrogens is 2. The third kappa shape index (κ3) is 4.14. The minimum absolute atomic E-state index is 0.132. The first kappa shape index (κ1) is 16.9. The fourth-order valence-electron chi connectivity index (χ4n) is 2.78. The zero-order valence-electron chi connectivity index (χ0n) is 14.5. The van der Waals surface area contributed by atoms with Crippen LogP contribution in [0.25, 0.3) is 11.3 Å². The average molecular weight is 334 g/mol. The maximum absolute atomic E-state index is 12.6. The molecule has 0 aliphatic carbocycles. The van der Waals surface area contributed by atoms with Gasteiger partial charge in [-0.25, -0.2) is 0 Å². The lowest BCUT2D eigenvalue weighted by atomic mass is 10.1. The first-order chi connectivity index (χ1) is 12.1. The van der Waals surface area contributed by atoms with E-state index in [0.29, 0.717) is 12.1 Å². The van der Waals surface area contributed by atoms with Gasteiger partial charge in [-0.15, -0.1) is 0 Å². The summed E-state index contributed by atoms with van der Waals surface area (Å²) in [5.41, 5.74) is 4.56. The molecule has 2 N–H and O–H groups in total. The number of rotatable bonds is 6. The molecule has 1 aromatic heterocycles. The molecule has 0 fully saturated rings. The van der Waals surface area contributed by atoms with Gasteiger partial charge in [0.15, 0.2) is 0 Å². The highest BCUT2D eigenvalue weighted by Crippen LogP contribution is 2.20. The van der Waals surface area contributed by atoms with Crippen LogP contribution in [0.3, 0.4) is 0 Å². The van der Waals surface area contributed by atoms with Gasteiger partial charge in [-0.1, -0.05) is 54.6 Å². The number of carbonyl (C=O) groups is 1. The van der Waals surface area contributed by atoms with Crippen LogP contribution in [0, 0.1) is 0 Å². The van der Waals surface area contributed by atoms with E-state index >= 15 is 0 Å². The van der Waals surface area contributed by atoms with Crippen LogP contribution in [0.4, 0.5) is 0 Å². The molecular weight excluding hydrogens is 312 g/mol. The first-order valence-electron chi connectivity index (χ1n) is 8.23. The maximum atomic E-state index is 12.6. The third-order valence-electron chi connectivity index (χ3n) is 3.99. The maximum Gasteiger partial charge on any atom is 0.255 e. The lowest BCUT2D eigenvalue weighted by molar-refractivity contribution is 0.0951. The van der Waals surface area contributed by atoms with Gasteiger partial charge in [-0.05, 0) is 25.2 Å². The number of carbonyl (C=O) groups excluding carboxylic acids is 1. The molecule has 1 amide bonds. The van der Waals surface area contributed by atoms with E-state index in [1.54, 1.807) is 6.20 Å². The number of hydrogen-bond acceptors (Lipinski definition) is 3. The van der Waals surface area contributed by atoms with Crippen molar-refractivity contribution < 1.29 is 4.79 Å². The second kappa shape index (κ2) is 7.77. The summed E-state index contributed by atoms with van der Waals surface area (Å²) in [5, 5.41) is 9.97. The molecule has 5 nitrogen and oxygen atoms in total. The quantitative estimate of drug-likeness (QED) is 0.728. The van der Waals surface area contributed by atoms with Crippen LogP contribution in [-0.4, -0.2) is 35.1 Å². The van der Waals surface area contributed by atoms with Crippen LogP contribution >= 0.6 is 0 Å². The van der Waals surface area contributed by atoms with Crippen LogP contribution in [0.5, 0.6) is 0 Å². The molecule has 5 heteroatoms. The Kier molecular flexibility index (Phi) is 5.26. The Morgan fingerprint density at radius 3 is 2.44 bits per heavy atom. The highest BCUT2D eigenvalue weighted by molar-refractivity contribution is 5.99. The van der Waals surface area contributed by atoms with Crippen LogP contribution in [0.15, 0.2) is 60.8 Å². The van der Waals surface area contributed by atoms with E-state index in [1.165, 1.54) is 5.56 Å². The van der Waals surface area contributed by atoms with Crippen molar-refractivity contribution in [2.24, 2.45) is 0 Å². The zero-order valence-corrected chi connectivity index (χ0v) is 14.5. The number of H-pyrrole nitrogens is 1. The van der Waals surface area contributed by atoms with E-state index in [4.69, 9.17) is 0 Å². The van der Waals surface area contributed by atoms with Crippen molar-refractivity contribution in [3.05, 3.63) is 77.5 Å². The van der Waals surface area contributed by atoms with Crippen molar-refractivity contribution in [3.63, 3.8) is 0 Å². The predicted molar refractivity (Wildman–Crippen MR) is 99.0 cm³/mol. The number of nitrogens with zero attached hydrogens (tertiary/aromatic N) is 2. The van der Waals surface area contributed by atoms with Gasteiger partial charge in [0, 0.05) is 18.7 Å². The van der Waals surface area contributed by atoms with Gasteiger partial charge in [0.25, 0.3) is 5.91 Å². The van der Waals surface area contributed by atoms with E-state index in [0.717, 1.165) is 23.4 Å². The molecule has 0 bridgehead atoms. The number of amides is 1. The lowest BCUT2D eigenvalue weighted by Crippen LogP contribution is -2.24. The van der Waals surface area contributed by atoms with Crippen LogP contribution in [-0.2, 0) is 13.1 Å².